The molecule has 0 amide bonds. The van der Waals surface area contributed by atoms with Crippen molar-refractivity contribution in [3.8, 4) is 11.6 Å². The Balaban J connectivity index is 2.23. The predicted octanol–water partition coefficient (Wildman–Crippen LogP) is -0.388. The van der Waals surface area contributed by atoms with Crippen LogP contribution in [-0.2, 0) is 4.79 Å². The van der Waals surface area contributed by atoms with Gasteiger partial charge in [-0.2, -0.15) is 4.98 Å². The number of carbonyl (C=O) groups is 1. The second-order valence-corrected chi connectivity index (χ2v) is 2.69. The third-order valence-corrected chi connectivity index (χ3v) is 1.42. The molecular weight excluding hydrogens is 202 g/mol. The van der Waals surface area contributed by atoms with E-state index in [0.717, 1.165) is 4.85 Å². The highest BCUT2D eigenvalue weighted by Crippen LogP contribution is 2.08. The number of aromatic nitrogens is 5. The number of hydrogen-bond donors (Lipinski definition) is 0. The molecule has 0 fully saturated rings. The summed E-state index contributed by atoms with van der Waals surface area (Å²) in [5, 5.41) is 7.43. The fraction of sp³-hybridized carbons (Fsp3) is 0.286. The maximum atomic E-state index is 10.6. The molecule has 0 N–H and O–H groups in total. The van der Waals surface area contributed by atoms with Crippen molar-refractivity contribution in [3.05, 3.63) is 12.2 Å². The molecule has 0 bridgehead atoms. The largest absolute Gasteiger partial charge is 0.339 e. The first-order valence-electron chi connectivity index (χ1n) is 4.06. The van der Waals surface area contributed by atoms with Crippen LogP contribution in [0.25, 0.3) is 11.6 Å². The molecule has 0 saturated heterocycles. The summed E-state index contributed by atoms with van der Waals surface area (Å²) in [4.78, 5) is 23.9. The number of carbonyl (C=O) groups excluding carboxylic acids is 1. The highest BCUT2D eigenvalue weighted by molar-refractivity contribution is 5.66. The van der Waals surface area contributed by atoms with E-state index >= 15 is 0 Å². The Hall–Kier alpha value is -2.25. The van der Waals surface area contributed by atoms with Gasteiger partial charge in [-0.3, -0.25) is 0 Å². The third kappa shape index (κ3) is 1.98. The normalized spacial score (nSPS) is 10.3. The van der Waals surface area contributed by atoms with Crippen molar-refractivity contribution in [3.63, 3.8) is 0 Å². The topological polar surface area (TPSA) is 95.9 Å². The van der Waals surface area contributed by atoms with E-state index in [1.807, 2.05) is 0 Å². The molecule has 2 heterocycles. The second kappa shape index (κ2) is 3.48. The molecule has 78 valence electrons. The van der Waals surface area contributed by atoms with Crippen LogP contribution in [0.5, 0.6) is 0 Å². The molecule has 2 aromatic heterocycles. The van der Waals surface area contributed by atoms with Gasteiger partial charge < -0.3 is 9.36 Å². The Morgan fingerprint density at radius 3 is 2.93 bits per heavy atom. The van der Waals surface area contributed by atoms with Crippen molar-refractivity contribution in [2.45, 2.75) is 13.8 Å². The van der Waals surface area contributed by atoms with E-state index in [-0.39, 0.29) is 11.6 Å². The molecule has 2 rings (SSSR count). The fourth-order valence-electron chi connectivity index (χ4n) is 0.917. The average Bonchev–Trinajstić information content (AvgIpc) is 2.72. The zero-order valence-electron chi connectivity index (χ0n) is 8.04. The van der Waals surface area contributed by atoms with Gasteiger partial charge in [-0.05, 0) is 0 Å². The smallest absolute Gasteiger partial charge is 0.331 e. The Kier molecular flexibility index (Phi) is 2.16. The van der Waals surface area contributed by atoms with E-state index in [0.29, 0.717) is 5.89 Å². The maximum Gasteiger partial charge on any atom is 0.331 e. The van der Waals surface area contributed by atoms with Gasteiger partial charge >= 0.3 is 5.97 Å². The summed E-state index contributed by atoms with van der Waals surface area (Å²) in [5.41, 5.74) is 0. The van der Waals surface area contributed by atoms with Crippen molar-refractivity contribution >= 4 is 5.97 Å². The van der Waals surface area contributed by atoms with Crippen LogP contribution in [0.3, 0.4) is 0 Å². The summed E-state index contributed by atoms with van der Waals surface area (Å²) in [7, 11) is 0. The molecular formula is C7H7N5O3. The van der Waals surface area contributed by atoms with E-state index in [4.69, 9.17) is 4.52 Å². The minimum atomic E-state index is -0.490. The molecule has 0 saturated carbocycles. The maximum absolute atomic E-state index is 10.6. The van der Waals surface area contributed by atoms with E-state index in [9.17, 15) is 4.79 Å². The Morgan fingerprint density at radius 2 is 2.33 bits per heavy atom. The summed E-state index contributed by atoms with van der Waals surface area (Å²) >= 11 is 0. The van der Waals surface area contributed by atoms with Gasteiger partial charge in [0.1, 0.15) is 0 Å². The molecule has 0 aliphatic carbocycles. The van der Waals surface area contributed by atoms with Crippen molar-refractivity contribution in [1.82, 2.24) is 25.1 Å². The van der Waals surface area contributed by atoms with Gasteiger partial charge in [0.15, 0.2) is 6.33 Å². The van der Waals surface area contributed by atoms with Crippen molar-refractivity contribution < 1.29 is 14.2 Å². The van der Waals surface area contributed by atoms with Crippen LogP contribution in [0, 0.1) is 6.92 Å². The zero-order valence-corrected chi connectivity index (χ0v) is 8.04. The highest BCUT2D eigenvalue weighted by Gasteiger charge is 2.11. The van der Waals surface area contributed by atoms with Crippen LogP contribution in [0.2, 0.25) is 0 Å². The molecule has 0 aromatic carbocycles. The highest BCUT2D eigenvalue weighted by atomic mass is 16.7. The average molecular weight is 209 g/mol. The third-order valence-electron chi connectivity index (χ3n) is 1.42. The first-order chi connectivity index (χ1) is 7.15. The molecule has 0 radical (unpaired) electrons. The summed E-state index contributed by atoms with van der Waals surface area (Å²) in [6.45, 7) is 2.92. The Labute approximate surface area is 83.8 Å². The molecule has 0 aliphatic heterocycles. The van der Waals surface area contributed by atoms with Gasteiger partial charge in [-0.15, -0.1) is 5.10 Å². The van der Waals surface area contributed by atoms with E-state index in [1.165, 1.54) is 13.3 Å². The Bertz CT molecular complexity index is 488. The minimum Gasteiger partial charge on any atom is -0.339 e. The summed E-state index contributed by atoms with van der Waals surface area (Å²) < 4.78 is 4.75. The Morgan fingerprint density at radius 1 is 1.53 bits per heavy atom. The predicted molar refractivity (Wildman–Crippen MR) is 45.3 cm³/mol. The lowest BCUT2D eigenvalue weighted by atomic mass is 10.6. The summed E-state index contributed by atoms with van der Waals surface area (Å²) in [5.74, 6) is 0.399. The van der Waals surface area contributed by atoms with Gasteiger partial charge in [0.25, 0.3) is 0 Å². The van der Waals surface area contributed by atoms with E-state index in [1.54, 1.807) is 6.92 Å². The zero-order chi connectivity index (χ0) is 10.8. The van der Waals surface area contributed by atoms with Gasteiger partial charge in [-0.1, -0.05) is 10.0 Å². The number of hydrogen-bond acceptors (Lipinski definition) is 7. The van der Waals surface area contributed by atoms with E-state index in [2.05, 4.69) is 25.1 Å². The molecule has 0 unspecified atom stereocenters. The lowest BCUT2D eigenvalue weighted by Crippen LogP contribution is -2.16. The monoisotopic (exact) mass is 209 g/mol. The molecule has 15 heavy (non-hydrogen) atoms. The van der Waals surface area contributed by atoms with Crippen molar-refractivity contribution in [2.75, 3.05) is 0 Å². The van der Waals surface area contributed by atoms with Crippen LogP contribution in [0.1, 0.15) is 12.8 Å². The van der Waals surface area contributed by atoms with Crippen LogP contribution in [0.15, 0.2) is 10.9 Å². The fourth-order valence-corrected chi connectivity index (χ4v) is 0.917. The lowest BCUT2D eigenvalue weighted by molar-refractivity contribution is -0.143. The molecule has 0 atom stereocenters. The second-order valence-electron chi connectivity index (χ2n) is 2.69. The number of aryl methyl sites for hydroxylation is 1. The molecule has 0 aliphatic rings. The van der Waals surface area contributed by atoms with Crippen molar-refractivity contribution in [1.29, 1.82) is 0 Å². The molecule has 8 nitrogen and oxygen atoms in total. The van der Waals surface area contributed by atoms with Crippen LogP contribution < -0.4 is 4.84 Å². The van der Waals surface area contributed by atoms with Gasteiger partial charge in [0.2, 0.25) is 17.5 Å². The molecule has 2 aromatic rings. The number of rotatable bonds is 2. The van der Waals surface area contributed by atoms with Gasteiger partial charge in [0, 0.05) is 13.8 Å². The van der Waals surface area contributed by atoms with Gasteiger partial charge in [-0.25, -0.2) is 9.78 Å². The first kappa shape index (κ1) is 9.31. The van der Waals surface area contributed by atoms with Crippen molar-refractivity contribution in [2.24, 2.45) is 0 Å². The molecule has 8 heteroatoms. The lowest BCUT2D eigenvalue weighted by Gasteiger charge is -1.94. The van der Waals surface area contributed by atoms with Gasteiger partial charge in [0.05, 0.1) is 0 Å². The van der Waals surface area contributed by atoms with Crippen LogP contribution >= 0.6 is 0 Å². The first-order valence-corrected chi connectivity index (χ1v) is 4.06. The SMILES string of the molecule is CC(=O)On1cnc(-c2noc(C)n2)n1. The quantitative estimate of drug-likeness (QED) is 0.664. The van der Waals surface area contributed by atoms with E-state index < -0.39 is 5.97 Å². The summed E-state index contributed by atoms with van der Waals surface area (Å²) in [6, 6.07) is 0. The minimum absolute atomic E-state index is 0.230. The van der Waals surface area contributed by atoms with Crippen LogP contribution in [0.4, 0.5) is 0 Å². The standard InChI is InChI=1S/C7H7N5O3/c1-4-9-7(11-14-4)6-8-3-12(10-6)15-5(2)13/h3H,1-2H3. The summed E-state index contributed by atoms with van der Waals surface area (Å²) in [6.07, 6.45) is 1.24. The number of nitrogens with zero attached hydrogens (tertiary/aromatic N) is 5. The van der Waals surface area contributed by atoms with Crippen LogP contribution in [-0.4, -0.2) is 31.0 Å². The molecule has 0 spiro atoms.